The van der Waals surface area contributed by atoms with Gasteiger partial charge in [0.25, 0.3) is 5.24 Å². The number of amides is 1. The summed E-state index contributed by atoms with van der Waals surface area (Å²) in [5.74, 6) is -2.29. The molecule has 0 saturated carbocycles. The molecule has 0 aliphatic rings. The molecule has 410 valence electrons. The molecule has 0 fully saturated rings. The highest BCUT2D eigenvalue weighted by Crippen LogP contribution is 2.15. The van der Waals surface area contributed by atoms with Gasteiger partial charge in [-0.3, -0.25) is 33.6 Å². The lowest BCUT2D eigenvalue weighted by atomic mass is 10.1. The van der Waals surface area contributed by atoms with Crippen LogP contribution < -0.4 is 0 Å². The highest BCUT2D eigenvalue weighted by Gasteiger charge is 2.22. The lowest BCUT2D eigenvalue weighted by Crippen LogP contribution is -2.34. The van der Waals surface area contributed by atoms with Crippen molar-refractivity contribution in [3.8, 4) is 0 Å². The molecular weight excluding hydrogens is 917 g/mol. The normalized spacial score (nSPS) is 11.3. The SMILES string of the molecule is CCCCCCCCC(=O)O.CCCCCCCCC(=O)OCCCOC(=O)CCN(CCC(=O)OCC(COC(=O)CCCCCCCC)OC(=O)CCCCCCCC)C(=O)SCCCN(C)C. The second-order valence-electron chi connectivity index (χ2n) is 18.5. The van der Waals surface area contributed by atoms with Crippen molar-refractivity contribution in [3.05, 3.63) is 0 Å². The molecule has 0 bridgehead atoms. The van der Waals surface area contributed by atoms with Gasteiger partial charge in [-0.1, -0.05) is 168 Å². The predicted octanol–water partition coefficient (Wildman–Crippen LogP) is 12.4. The van der Waals surface area contributed by atoms with Gasteiger partial charge in [0.15, 0.2) is 6.10 Å². The van der Waals surface area contributed by atoms with Crippen LogP contribution in [-0.2, 0) is 52.5 Å². The zero-order valence-electron chi connectivity index (χ0n) is 45.0. The fourth-order valence-corrected chi connectivity index (χ4v) is 7.85. The van der Waals surface area contributed by atoms with Gasteiger partial charge in [0.1, 0.15) is 13.2 Å². The number of carbonyl (C=O) groups excluding carboxylic acids is 6. The third-order valence-electron chi connectivity index (χ3n) is 11.3. The van der Waals surface area contributed by atoms with Crippen LogP contribution in [0.3, 0.4) is 0 Å². The van der Waals surface area contributed by atoms with Crippen LogP contribution in [0.2, 0.25) is 0 Å². The summed E-state index contributed by atoms with van der Waals surface area (Å²) in [5.41, 5.74) is 0. The number of ether oxygens (including phenoxy) is 5. The number of carbonyl (C=O) groups is 7. The summed E-state index contributed by atoms with van der Waals surface area (Å²) in [7, 11) is 3.91. The molecule has 0 saturated heterocycles. The lowest BCUT2D eigenvalue weighted by molar-refractivity contribution is -0.167. The summed E-state index contributed by atoms with van der Waals surface area (Å²) < 4.78 is 27.1. The van der Waals surface area contributed by atoms with Crippen molar-refractivity contribution in [2.75, 3.05) is 65.9 Å². The molecule has 70 heavy (non-hydrogen) atoms. The molecule has 0 radical (unpaired) electrons. The smallest absolute Gasteiger partial charge is 0.307 e. The maximum absolute atomic E-state index is 13.2. The fourth-order valence-electron chi connectivity index (χ4n) is 7.04. The number of hydrogen-bond donors (Lipinski definition) is 1. The average Bonchev–Trinajstić information content (AvgIpc) is 3.33. The van der Waals surface area contributed by atoms with Crippen molar-refractivity contribution in [1.82, 2.24) is 9.80 Å². The zero-order valence-corrected chi connectivity index (χ0v) is 45.8. The van der Waals surface area contributed by atoms with Crippen LogP contribution in [0.15, 0.2) is 0 Å². The molecule has 0 aromatic rings. The topological polar surface area (TPSA) is 192 Å². The van der Waals surface area contributed by atoms with E-state index in [9.17, 15) is 33.6 Å². The summed E-state index contributed by atoms with van der Waals surface area (Å²) in [6.45, 7) is 9.26. The van der Waals surface area contributed by atoms with Gasteiger partial charge in [0.2, 0.25) is 0 Å². The standard InChI is InChI=1S/C45H82N2O11S.C9H18O2/c1-6-9-12-15-18-21-26-40(48)54-34-25-35-55-42(50)29-32-47(45(53)59-36-24-31-46(4)5)33-30-43(51)57-38-39(58-44(52)28-23-20-17-14-11-8-3)37-56-41(49)27-22-19-16-13-10-7-2;1-2-3-4-5-6-7-8-9(10)11/h39H,6-38H2,1-5H3;2-8H2,1H3,(H,10,11). The van der Waals surface area contributed by atoms with Crippen LogP contribution in [-0.4, -0.2) is 128 Å². The van der Waals surface area contributed by atoms with E-state index >= 15 is 0 Å². The van der Waals surface area contributed by atoms with E-state index in [-0.39, 0.29) is 82.4 Å². The van der Waals surface area contributed by atoms with Crippen molar-refractivity contribution in [3.63, 3.8) is 0 Å². The third-order valence-corrected chi connectivity index (χ3v) is 12.3. The number of thioether (sulfide) groups is 1. The first-order valence-electron chi connectivity index (χ1n) is 27.4. The van der Waals surface area contributed by atoms with Gasteiger partial charge in [-0.05, 0) is 52.7 Å². The molecule has 0 spiro atoms. The van der Waals surface area contributed by atoms with Gasteiger partial charge < -0.3 is 38.6 Å². The van der Waals surface area contributed by atoms with Crippen LogP contribution in [0.5, 0.6) is 0 Å². The Morgan fingerprint density at radius 1 is 0.414 bits per heavy atom. The van der Waals surface area contributed by atoms with Crippen molar-refractivity contribution < 1.29 is 62.4 Å². The first-order valence-corrected chi connectivity index (χ1v) is 28.4. The number of carboxylic acids is 1. The second kappa shape index (κ2) is 51.9. The zero-order chi connectivity index (χ0) is 52.3. The minimum atomic E-state index is -0.955. The molecule has 0 aromatic heterocycles. The lowest BCUT2D eigenvalue weighted by Gasteiger charge is -2.22. The molecule has 0 aliphatic heterocycles. The Morgan fingerprint density at radius 3 is 1.19 bits per heavy atom. The number of unbranched alkanes of at least 4 members (excludes halogenated alkanes) is 20. The molecule has 16 heteroatoms. The molecular formula is C54H100N2O13S. The molecule has 1 unspecified atom stereocenters. The van der Waals surface area contributed by atoms with Crippen LogP contribution in [0, 0.1) is 0 Å². The van der Waals surface area contributed by atoms with Gasteiger partial charge in [0.05, 0.1) is 26.1 Å². The Hall–Kier alpha value is -3.40. The summed E-state index contributed by atoms with van der Waals surface area (Å²) in [5, 5.41) is 8.05. The van der Waals surface area contributed by atoms with E-state index in [0.717, 1.165) is 121 Å². The van der Waals surface area contributed by atoms with Crippen molar-refractivity contribution in [1.29, 1.82) is 0 Å². The Morgan fingerprint density at radius 2 is 0.771 bits per heavy atom. The van der Waals surface area contributed by atoms with Crippen LogP contribution in [0.4, 0.5) is 4.79 Å². The van der Waals surface area contributed by atoms with E-state index in [1.165, 1.54) is 56.3 Å². The van der Waals surface area contributed by atoms with Crippen LogP contribution in [0.25, 0.3) is 0 Å². The number of aliphatic carboxylic acids is 1. The number of esters is 5. The average molecular weight is 1020 g/mol. The number of rotatable bonds is 47. The summed E-state index contributed by atoms with van der Waals surface area (Å²) in [6, 6.07) is 0. The Balaban J connectivity index is 0. The quantitative estimate of drug-likeness (QED) is 0.0344. The molecule has 0 aliphatic carbocycles. The molecule has 1 atom stereocenters. The first kappa shape index (κ1) is 68.7. The third kappa shape index (κ3) is 51.0. The Kier molecular flexibility index (Phi) is 51.0. The minimum absolute atomic E-state index is 0.00983. The van der Waals surface area contributed by atoms with Gasteiger partial charge in [-0.2, -0.15) is 0 Å². The monoisotopic (exact) mass is 1020 g/mol. The molecule has 1 amide bonds. The minimum Gasteiger partial charge on any atom is -0.481 e. The Bertz CT molecular complexity index is 1320. The van der Waals surface area contributed by atoms with E-state index in [0.29, 0.717) is 31.4 Å². The molecule has 0 aromatic carbocycles. The van der Waals surface area contributed by atoms with Crippen molar-refractivity contribution in [2.45, 2.75) is 239 Å². The number of carboxylic acid groups (broad SMARTS) is 1. The van der Waals surface area contributed by atoms with Gasteiger partial charge in [0, 0.05) is 50.9 Å². The Labute approximate surface area is 428 Å². The second-order valence-corrected chi connectivity index (χ2v) is 19.5. The van der Waals surface area contributed by atoms with E-state index in [2.05, 4.69) is 27.7 Å². The highest BCUT2D eigenvalue weighted by molar-refractivity contribution is 8.13. The maximum Gasteiger partial charge on any atom is 0.307 e. The first-order chi connectivity index (χ1) is 33.8. The number of nitrogens with zero attached hydrogens (tertiary/aromatic N) is 2. The van der Waals surface area contributed by atoms with Crippen LogP contribution in [0.1, 0.15) is 233 Å². The van der Waals surface area contributed by atoms with Gasteiger partial charge >= 0.3 is 35.8 Å². The molecule has 0 heterocycles. The van der Waals surface area contributed by atoms with E-state index < -0.39 is 30.0 Å². The van der Waals surface area contributed by atoms with Crippen LogP contribution >= 0.6 is 11.8 Å². The highest BCUT2D eigenvalue weighted by atomic mass is 32.2. The van der Waals surface area contributed by atoms with Crippen molar-refractivity contribution in [2.24, 2.45) is 0 Å². The summed E-state index contributed by atoms with van der Waals surface area (Å²) in [6.07, 6.45) is 26.9. The summed E-state index contributed by atoms with van der Waals surface area (Å²) in [4.78, 5) is 89.3. The molecule has 1 N–H and O–H groups in total. The van der Waals surface area contributed by atoms with Crippen molar-refractivity contribution >= 4 is 52.8 Å². The van der Waals surface area contributed by atoms with Gasteiger partial charge in [-0.25, -0.2) is 0 Å². The van der Waals surface area contributed by atoms with E-state index in [1.54, 1.807) is 0 Å². The van der Waals surface area contributed by atoms with E-state index in [1.807, 2.05) is 19.0 Å². The molecule has 15 nitrogen and oxygen atoms in total. The predicted molar refractivity (Wildman–Crippen MR) is 280 cm³/mol. The summed E-state index contributed by atoms with van der Waals surface area (Å²) >= 11 is 1.12. The fraction of sp³-hybridized carbons (Fsp3) is 0.870. The van der Waals surface area contributed by atoms with Gasteiger partial charge in [-0.15, -0.1) is 0 Å². The maximum atomic E-state index is 13.2. The largest absolute Gasteiger partial charge is 0.481 e. The molecule has 0 rings (SSSR count). The number of hydrogen-bond acceptors (Lipinski definition) is 14. The van der Waals surface area contributed by atoms with E-state index in [4.69, 9.17) is 28.8 Å².